The lowest BCUT2D eigenvalue weighted by atomic mass is 10.1. The molecular formula is C18H18FN5O2. The van der Waals surface area contributed by atoms with Crippen LogP contribution in [-0.4, -0.2) is 28.3 Å². The molecule has 3 rings (SSSR count). The van der Waals surface area contributed by atoms with E-state index in [4.69, 9.17) is 10.6 Å². The zero-order valence-corrected chi connectivity index (χ0v) is 14.1. The summed E-state index contributed by atoms with van der Waals surface area (Å²) in [5.41, 5.74) is 2.97. The molecule has 1 heterocycles. The summed E-state index contributed by atoms with van der Waals surface area (Å²) in [7, 11) is 1.55. The highest BCUT2D eigenvalue weighted by Crippen LogP contribution is 2.31. The number of rotatable bonds is 5. The first-order valence-electron chi connectivity index (χ1n) is 7.81. The van der Waals surface area contributed by atoms with Gasteiger partial charge < -0.3 is 10.1 Å². The summed E-state index contributed by atoms with van der Waals surface area (Å²) >= 11 is 0. The van der Waals surface area contributed by atoms with Crippen LogP contribution in [0.5, 0.6) is 5.75 Å². The van der Waals surface area contributed by atoms with Gasteiger partial charge in [-0.25, -0.2) is 15.0 Å². The number of hydrazine groups is 1. The maximum atomic E-state index is 12.9. The second-order valence-electron chi connectivity index (χ2n) is 5.59. The van der Waals surface area contributed by atoms with Gasteiger partial charge in [-0.3, -0.25) is 10.1 Å². The Balaban J connectivity index is 1.69. The molecule has 3 aromatic rings. The van der Waals surface area contributed by atoms with E-state index in [1.165, 1.54) is 12.1 Å². The van der Waals surface area contributed by atoms with Gasteiger partial charge in [0.1, 0.15) is 11.6 Å². The van der Waals surface area contributed by atoms with Crippen LogP contribution in [0.4, 0.5) is 14.9 Å². The van der Waals surface area contributed by atoms with Crippen molar-refractivity contribution >= 4 is 11.7 Å². The lowest BCUT2D eigenvalue weighted by Crippen LogP contribution is -2.39. The molecule has 134 valence electrons. The molecule has 0 aliphatic heterocycles. The molecule has 2 aromatic carbocycles. The summed E-state index contributed by atoms with van der Waals surface area (Å²) in [6.07, 6.45) is 3.43. The Bertz CT molecular complexity index is 881. The summed E-state index contributed by atoms with van der Waals surface area (Å²) < 4.78 is 18.3. The van der Waals surface area contributed by atoms with E-state index in [9.17, 15) is 9.18 Å². The molecule has 0 saturated carbocycles. The second-order valence-corrected chi connectivity index (χ2v) is 5.59. The number of hydrogen-bond acceptors (Lipinski definition) is 4. The maximum absolute atomic E-state index is 12.9. The lowest BCUT2D eigenvalue weighted by molar-refractivity contribution is 0.210. The molecular weight excluding hydrogens is 337 g/mol. The summed E-state index contributed by atoms with van der Waals surface area (Å²) in [6, 6.07) is 10.6. The highest BCUT2D eigenvalue weighted by Gasteiger charge is 2.13. The first-order valence-corrected chi connectivity index (χ1v) is 7.81. The van der Waals surface area contributed by atoms with Crippen molar-refractivity contribution in [2.24, 2.45) is 5.84 Å². The summed E-state index contributed by atoms with van der Waals surface area (Å²) in [6.45, 7) is 0.149. The van der Waals surface area contributed by atoms with Crippen molar-refractivity contribution in [1.29, 1.82) is 0 Å². The standard InChI is InChI=1S/C18H18FN5O2/c1-26-17-8-15(6-7-16(17)13-9-21-22-10-13)23-18(25)24(20)11-12-2-4-14(19)5-3-12/h2-10H,11,20H2,1H3,(H,21,22)(H,23,25). The van der Waals surface area contributed by atoms with Crippen molar-refractivity contribution in [3.8, 4) is 16.9 Å². The molecule has 0 spiro atoms. The second kappa shape index (κ2) is 7.66. The van der Waals surface area contributed by atoms with Crippen LogP contribution in [0.2, 0.25) is 0 Å². The van der Waals surface area contributed by atoms with Crippen molar-refractivity contribution in [2.75, 3.05) is 12.4 Å². The number of halogens is 1. The quantitative estimate of drug-likeness (QED) is 0.372. The number of methoxy groups -OCH3 is 1. The van der Waals surface area contributed by atoms with E-state index in [1.807, 2.05) is 6.07 Å². The first-order chi connectivity index (χ1) is 12.6. The summed E-state index contributed by atoms with van der Waals surface area (Å²) in [4.78, 5) is 12.3. The van der Waals surface area contributed by atoms with Crippen molar-refractivity contribution in [2.45, 2.75) is 6.54 Å². The van der Waals surface area contributed by atoms with Gasteiger partial charge in [-0.2, -0.15) is 5.10 Å². The molecule has 0 fully saturated rings. The summed E-state index contributed by atoms with van der Waals surface area (Å²) in [5.74, 6) is 6.04. The number of aromatic amines is 1. The fraction of sp³-hybridized carbons (Fsp3) is 0.111. The van der Waals surface area contributed by atoms with E-state index in [-0.39, 0.29) is 12.4 Å². The Morgan fingerprint density at radius 3 is 2.73 bits per heavy atom. The van der Waals surface area contributed by atoms with Crippen LogP contribution < -0.4 is 15.9 Å². The molecule has 0 radical (unpaired) electrons. The van der Waals surface area contributed by atoms with Crippen LogP contribution in [0.3, 0.4) is 0 Å². The topological polar surface area (TPSA) is 96.3 Å². The molecule has 0 aliphatic rings. The van der Waals surface area contributed by atoms with Gasteiger partial charge in [0.05, 0.1) is 19.9 Å². The molecule has 0 saturated heterocycles. The number of amides is 2. The van der Waals surface area contributed by atoms with Crippen LogP contribution in [-0.2, 0) is 6.54 Å². The average Bonchev–Trinajstić information content (AvgIpc) is 3.18. The number of nitrogens with one attached hydrogen (secondary N) is 2. The normalized spacial score (nSPS) is 10.4. The number of H-pyrrole nitrogens is 1. The lowest BCUT2D eigenvalue weighted by Gasteiger charge is -2.18. The minimum Gasteiger partial charge on any atom is -0.496 e. The van der Waals surface area contributed by atoms with Crippen molar-refractivity contribution < 1.29 is 13.9 Å². The third kappa shape index (κ3) is 3.98. The van der Waals surface area contributed by atoms with Crippen LogP contribution in [0.25, 0.3) is 11.1 Å². The SMILES string of the molecule is COc1cc(NC(=O)N(N)Cc2ccc(F)cc2)ccc1-c1cn[nH]c1. The van der Waals surface area contributed by atoms with Gasteiger partial charge in [-0.05, 0) is 29.8 Å². The minimum atomic E-state index is -0.493. The molecule has 26 heavy (non-hydrogen) atoms. The number of urea groups is 1. The van der Waals surface area contributed by atoms with Gasteiger partial charge in [-0.1, -0.05) is 12.1 Å². The zero-order valence-electron chi connectivity index (χ0n) is 14.1. The summed E-state index contributed by atoms with van der Waals surface area (Å²) in [5, 5.41) is 10.4. The molecule has 0 atom stereocenters. The van der Waals surface area contributed by atoms with Crippen molar-refractivity contribution in [1.82, 2.24) is 15.2 Å². The van der Waals surface area contributed by atoms with Gasteiger partial charge >= 0.3 is 6.03 Å². The van der Waals surface area contributed by atoms with Crippen molar-refractivity contribution in [3.05, 3.63) is 66.2 Å². The van der Waals surface area contributed by atoms with E-state index in [1.54, 1.807) is 43.8 Å². The van der Waals surface area contributed by atoms with Gasteiger partial charge in [0, 0.05) is 29.1 Å². The monoisotopic (exact) mass is 355 g/mol. The molecule has 8 heteroatoms. The van der Waals surface area contributed by atoms with Gasteiger partial charge in [0.2, 0.25) is 0 Å². The fourth-order valence-electron chi connectivity index (χ4n) is 2.46. The van der Waals surface area contributed by atoms with E-state index in [2.05, 4.69) is 15.5 Å². The minimum absolute atomic E-state index is 0.149. The Labute approximate surface area is 149 Å². The number of carbonyl (C=O) groups is 1. The Morgan fingerprint density at radius 1 is 1.31 bits per heavy atom. The molecule has 0 bridgehead atoms. The number of benzene rings is 2. The Kier molecular flexibility index (Phi) is 5.14. The largest absolute Gasteiger partial charge is 0.496 e. The number of ether oxygens (including phenoxy) is 1. The molecule has 2 amide bonds. The fourth-order valence-corrected chi connectivity index (χ4v) is 2.46. The molecule has 4 N–H and O–H groups in total. The Hall–Kier alpha value is -3.39. The number of nitrogens with two attached hydrogens (primary N) is 1. The third-order valence-corrected chi connectivity index (χ3v) is 3.79. The van der Waals surface area contributed by atoms with E-state index >= 15 is 0 Å². The average molecular weight is 355 g/mol. The number of aromatic nitrogens is 2. The molecule has 7 nitrogen and oxygen atoms in total. The van der Waals surface area contributed by atoms with E-state index < -0.39 is 6.03 Å². The predicted molar refractivity (Wildman–Crippen MR) is 95.7 cm³/mol. The third-order valence-electron chi connectivity index (χ3n) is 3.79. The number of anilines is 1. The van der Waals surface area contributed by atoms with E-state index in [0.717, 1.165) is 21.7 Å². The van der Waals surface area contributed by atoms with Crippen LogP contribution in [0, 0.1) is 5.82 Å². The number of nitrogens with zero attached hydrogens (tertiary/aromatic N) is 2. The first kappa shape index (κ1) is 17.4. The maximum Gasteiger partial charge on any atom is 0.336 e. The van der Waals surface area contributed by atoms with E-state index in [0.29, 0.717) is 11.4 Å². The highest BCUT2D eigenvalue weighted by molar-refractivity contribution is 5.90. The van der Waals surface area contributed by atoms with Crippen LogP contribution in [0.1, 0.15) is 5.56 Å². The van der Waals surface area contributed by atoms with Crippen LogP contribution in [0.15, 0.2) is 54.9 Å². The number of hydrogen-bond donors (Lipinski definition) is 3. The van der Waals surface area contributed by atoms with Crippen LogP contribution >= 0.6 is 0 Å². The Morgan fingerprint density at radius 2 is 2.08 bits per heavy atom. The predicted octanol–water partition coefficient (Wildman–Crippen LogP) is 3.13. The van der Waals surface area contributed by atoms with Crippen molar-refractivity contribution in [3.63, 3.8) is 0 Å². The van der Waals surface area contributed by atoms with Gasteiger partial charge in [0.25, 0.3) is 0 Å². The highest BCUT2D eigenvalue weighted by atomic mass is 19.1. The van der Waals surface area contributed by atoms with Gasteiger partial charge in [-0.15, -0.1) is 0 Å². The van der Waals surface area contributed by atoms with Gasteiger partial charge in [0.15, 0.2) is 0 Å². The number of carbonyl (C=O) groups excluding carboxylic acids is 1. The molecule has 0 unspecified atom stereocenters. The smallest absolute Gasteiger partial charge is 0.336 e. The molecule has 0 aliphatic carbocycles. The zero-order chi connectivity index (χ0) is 18.5. The molecule has 1 aromatic heterocycles.